The van der Waals surface area contributed by atoms with Crippen LogP contribution in [0.2, 0.25) is 0 Å². The molecule has 3 rings (SSSR count). The lowest BCUT2D eigenvalue weighted by Crippen LogP contribution is -1.94. The lowest BCUT2D eigenvalue weighted by Gasteiger charge is -2.05. The summed E-state index contributed by atoms with van der Waals surface area (Å²) in [5, 5.41) is 4.09. The van der Waals surface area contributed by atoms with Crippen molar-refractivity contribution in [3.8, 4) is 23.0 Å². The molecule has 3 heterocycles. The number of hydrogen-bond donors (Lipinski definition) is 1. The number of nitrogen functional groups attached to an aromatic ring is 1. The van der Waals surface area contributed by atoms with Gasteiger partial charge in [-0.15, -0.1) is 0 Å². The molecule has 0 saturated carbocycles. The maximum absolute atomic E-state index is 5.61. The molecule has 0 amide bonds. The normalized spacial score (nSPS) is 10.4. The number of nitrogens with zero attached hydrogens (tertiary/aromatic N) is 5. The van der Waals surface area contributed by atoms with Gasteiger partial charge in [-0.1, -0.05) is 0 Å². The number of nitrogens with two attached hydrogens (primary N) is 1. The van der Waals surface area contributed by atoms with Crippen LogP contribution in [-0.2, 0) is 7.05 Å². The number of pyridine rings is 1. The fourth-order valence-corrected chi connectivity index (χ4v) is 1.65. The molecule has 0 aliphatic carbocycles. The van der Waals surface area contributed by atoms with Gasteiger partial charge in [0, 0.05) is 25.5 Å². The Balaban J connectivity index is 1.86. The van der Waals surface area contributed by atoms with Crippen molar-refractivity contribution in [2.75, 3.05) is 5.73 Å². The Morgan fingerprint density at radius 1 is 1.15 bits per heavy atom. The Kier molecular flexibility index (Phi) is 3.00. The summed E-state index contributed by atoms with van der Waals surface area (Å²) < 4.78 is 7.30. The van der Waals surface area contributed by atoms with Crippen LogP contribution < -0.4 is 10.5 Å². The van der Waals surface area contributed by atoms with Gasteiger partial charge in [-0.05, 0) is 12.1 Å². The van der Waals surface area contributed by atoms with E-state index in [1.165, 1.54) is 0 Å². The molecular formula is C13H12N6O. The lowest BCUT2D eigenvalue weighted by atomic mass is 10.3. The minimum absolute atomic E-state index is 0.436. The van der Waals surface area contributed by atoms with Crippen molar-refractivity contribution in [1.82, 2.24) is 24.7 Å². The predicted octanol–water partition coefficient (Wildman–Crippen LogP) is 1.65. The number of anilines is 1. The highest BCUT2D eigenvalue weighted by Crippen LogP contribution is 2.21. The number of hydrogen-bond acceptors (Lipinski definition) is 6. The Morgan fingerprint density at radius 2 is 2.05 bits per heavy atom. The van der Waals surface area contributed by atoms with Crippen molar-refractivity contribution in [3.05, 3.63) is 43.0 Å². The minimum atomic E-state index is 0.436. The van der Waals surface area contributed by atoms with E-state index in [0.717, 1.165) is 5.56 Å². The summed E-state index contributed by atoms with van der Waals surface area (Å²) >= 11 is 0. The largest absolute Gasteiger partial charge is 0.437 e. The number of aromatic nitrogens is 5. The van der Waals surface area contributed by atoms with Crippen molar-refractivity contribution in [1.29, 1.82) is 0 Å². The molecule has 3 aromatic heterocycles. The van der Waals surface area contributed by atoms with Crippen LogP contribution in [0.25, 0.3) is 11.4 Å². The van der Waals surface area contributed by atoms with Gasteiger partial charge in [-0.25, -0.2) is 9.97 Å². The topological polar surface area (TPSA) is 91.7 Å². The third kappa shape index (κ3) is 2.56. The molecule has 3 aromatic rings. The van der Waals surface area contributed by atoms with Gasteiger partial charge < -0.3 is 10.5 Å². The summed E-state index contributed by atoms with van der Waals surface area (Å²) in [5.41, 5.74) is 6.35. The van der Waals surface area contributed by atoms with E-state index in [4.69, 9.17) is 10.5 Å². The van der Waals surface area contributed by atoms with Crippen molar-refractivity contribution in [2.24, 2.45) is 7.05 Å². The molecule has 0 bridgehead atoms. The minimum Gasteiger partial charge on any atom is -0.437 e. The highest BCUT2D eigenvalue weighted by atomic mass is 16.5. The summed E-state index contributed by atoms with van der Waals surface area (Å²) in [6.45, 7) is 0. The number of rotatable bonds is 3. The molecule has 0 radical (unpaired) electrons. The first-order chi connectivity index (χ1) is 9.70. The molecule has 7 heteroatoms. The molecule has 0 spiro atoms. The van der Waals surface area contributed by atoms with Gasteiger partial charge >= 0.3 is 0 Å². The molecule has 2 N–H and O–H groups in total. The summed E-state index contributed by atoms with van der Waals surface area (Å²) in [6, 6.07) is 5.07. The summed E-state index contributed by atoms with van der Waals surface area (Å²) in [4.78, 5) is 12.5. The highest BCUT2D eigenvalue weighted by Gasteiger charge is 2.06. The molecule has 0 atom stereocenters. The van der Waals surface area contributed by atoms with Crippen LogP contribution >= 0.6 is 0 Å². The third-order valence-corrected chi connectivity index (χ3v) is 2.57. The fourth-order valence-electron chi connectivity index (χ4n) is 1.65. The van der Waals surface area contributed by atoms with Crippen LogP contribution in [0.4, 0.5) is 5.82 Å². The van der Waals surface area contributed by atoms with Gasteiger partial charge in [0.15, 0.2) is 5.82 Å². The first-order valence-electron chi connectivity index (χ1n) is 5.92. The van der Waals surface area contributed by atoms with Crippen LogP contribution in [0.15, 0.2) is 43.0 Å². The van der Waals surface area contributed by atoms with Gasteiger partial charge in [0.2, 0.25) is 5.88 Å². The van der Waals surface area contributed by atoms with Crippen molar-refractivity contribution >= 4 is 5.82 Å². The van der Waals surface area contributed by atoms with Crippen molar-refractivity contribution < 1.29 is 4.74 Å². The lowest BCUT2D eigenvalue weighted by molar-refractivity contribution is 0.460. The van der Waals surface area contributed by atoms with Crippen LogP contribution in [0.3, 0.4) is 0 Å². The standard InChI is InChI=1S/C13H12N6O/c1-19-8-9(6-17-19)13-15-5-4-12(18-13)20-10-2-3-11(14)16-7-10/h2-8H,1H3,(H2,14,16). The maximum atomic E-state index is 5.61. The van der Waals surface area contributed by atoms with Gasteiger partial charge in [0.1, 0.15) is 11.6 Å². The van der Waals surface area contributed by atoms with Gasteiger partial charge in [0.25, 0.3) is 0 Å². The zero-order chi connectivity index (χ0) is 13.9. The molecule has 0 fully saturated rings. The van der Waals surface area contributed by atoms with Crippen LogP contribution in [0.1, 0.15) is 0 Å². The average molecular weight is 268 g/mol. The molecule has 0 unspecified atom stereocenters. The summed E-state index contributed by atoms with van der Waals surface area (Å²) in [5.74, 6) is 2.00. The first-order valence-corrected chi connectivity index (χ1v) is 5.92. The average Bonchev–Trinajstić information content (AvgIpc) is 2.89. The van der Waals surface area contributed by atoms with E-state index in [1.807, 2.05) is 13.2 Å². The first kappa shape index (κ1) is 12.1. The van der Waals surface area contributed by atoms with E-state index in [0.29, 0.717) is 23.3 Å². The highest BCUT2D eigenvalue weighted by molar-refractivity contribution is 5.52. The Hall–Kier alpha value is -2.96. The second kappa shape index (κ2) is 4.96. The number of aryl methyl sites for hydroxylation is 1. The van der Waals surface area contributed by atoms with E-state index < -0.39 is 0 Å². The van der Waals surface area contributed by atoms with E-state index in [-0.39, 0.29) is 0 Å². The number of ether oxygens (including phenoxy) is 1. The Bertz CT molecular complexity index is 722. The Morgan fingerprint density at radius 3 is 2.75 bits per heavy atom. The van der Waals surface area contributed by atoms with Gasteiger partial charge in [-0.3, -0.25) is 4.68 Å². The van der Waals surface area contributed by atoms with Crippen LogP contribution in [0, 0.1) is 0 Å². The quantitative estimate of drug-likeness (QED) is 0.776. The van der Waals surface area contributed by atoms with Crippen LogP contribution in [-0.4, -0.2) is 24.7 Å². The second-order valence-electron chi connectivity index (χ2n) is 4.14. The van der Waals surface area contributed by atoms with E-state index in [1.54, 1.807) is 41.5 Å². The molecular weight excluding hydrogens is 256 g/mol. The molecule has 0 saturated heterocycles. The zero-order valence-corrected chi connectivity index (χ0v) is 10.8. The molecule has 0 aromatic carbocycles. The van der Waals surface area contributed by atoms with Crippen LogP contribution in [0.5, 0.6) is 11.6 Å². The summed E-state index contributed by atoms with van der Waals surface area (Å²) in [6.07, 6.45) is 6.71. The molecule has 20 heavy (non-hydrogen) atoms. The van der Waals surface area contributed by atoms with Crippen molar-refractivity contribution in [3.63, 3.8) is 0 Å². The van der Waals surface area contributed by atoms with Gasteiger partial charge in [-0.2, -0.15) is 10.1 Å². The molecule has 0 aliphatic rings. The molecule has 0 aliphatic heterocycles. The van der Waals surface area contributed by atoms with E-state index in [9.17, 15) is 0 Å². The molecule has 100 valence electrons. The third-order valence-electron chi connectivity index (χ3n) is 2.57. The van der Waals surface area contributed by atoms with E-state index >= 15 is 0 Å². The monoisotopic (exact) mass is 268 g/mol. The smallest absolute Gasteiger partial charge is 0.222 e. The second-order valence-corrected chi connectivity index (χ2v) is 4.14. The van der Waals surface area contributed by atoms with Gasteiger partial charge in [0.05, 0.1) is 18.0 Å². The van der Waals surface area contributed by atoms with Crippen molar-refractivity contribution in [2.45, 2.75) is 0 Å². The van der Waals surface area contributed by atoms with E-state index in [2.05, 4.69) is 20.1 Å². The zero-order valence-electron chi connectivity index (χ0n) is 10.8. The molecule has 7 nitrogen and oxygen atoms in total. The predicted molar refractivity (Wildman–Crippen MR) is 73.0 cm³/mol. The maximum Gasteiger partial charge on any atom is 0.222 e. The summed E-state index contributed by atoms with van der Waals surface area (Å²) in [7, 11) is 1.84. The fraction of sp³-hybridized carbons (Fsp3) is 0.0769. The Labute approximate surface area is 115 Å². The SMILES string of the molecule is Cn1cc(-c2nccc(Oc3ccc(N)nc3)n2)cn1.